The van der Waals surface area contributed by atoms with E-state index in [-0.39, 0.29) is 17.6 Å². The van der Waals surface area contributed by atoms with E-state index in [4.69, 9.17) is 9.47 Å². The summed E-state index contributed by atoms with van der Waals surface area (Å²) >= 11 is 0. The van der Waals surface area contributed by atoms with Crippen LogP contribution in [-0.2, 0) is 7.05 Å². The lowest BCUT2D eigenvalue weighted by molar-refractivity contribution is 0.193. The number of nitrogens with one attached hydrogen (secondary N) is 1. The van der Waals surface area contributed by atoms with Gasteiger partial charge in [0.25, 0.3) is 0 Å². The van der Waals surface area contributed by atoms with Crippen LogP contribution in [-0.4, -0.2) is 52.6 Å². The molecule has 2 amide bonds. The summed E-state index contributed by atoms with van der Waals surface area (Å²) in [6.07, 6.45) is 1.44. The highest BCUT2D eigenvalue weighted by atomic mass is 16.5. The van der Waals surface area contributed by atoms with Crippen molar-refractivity contribution in [3.05, 3.63) is 64.8 Å². The van der Waals surface area contributed by atoms with Gasteiger partial charge in [-0.15, -0.1) is 0 Å². The van der Waals surface area contributed by atoms with Crippen molar-refractivity contribution in [3.63, 3.8) is 0 Å². The molecule has 1 fully saturated rings. The van der Waals surface area contributed by atoms with Crippen LogP contribution in [0.5, 0.6) is 11.5 Å². The standard InChI is InChI=1S/C23H27N5O4/c1-26-23(30)28(17-7-5-4-6-8-17)21(25-26)16-11-13-27(14-12-16)22(29)24-19-10-9-18(31-2)15-20(19)32-3/h4-10,15-16H,11-14H2,1-3H3,(H,24,29). The van der Waals surface area contributed by atoms with Gasteiger partial charge in [-0.25, -0.2) is 18.8 Å². The number of hydrogen-bond donors (Lipinski definition) is 1. The summed E-state index contributed by atoms with van der Waals surface area (Å²) < 4.78 is 13.6. The quantitative estimate of drug-likeness (QED) is 0.663. The number of piperidine rings is 1. The van der Waals surface area contributed by atoms with Gasteiger partial charge in [0.15, 0.2) is 0 Å². The molecule has 168 valence electrons. The normalized spacial score (nSPS) is 14.3. The fourth-order valence-electron chi connectivity index (χ4n) is 4.00. The van der Waals surface area contributed by atoms with Crippen LogP contribution in [0.3, 0.4) is 0 Å². The smallest absolute Gasteiger partial charge is 0.350 e. The van der Waals surface area contributed by atoms with Crippen LogP contribution >= 0.6 is 0 Å². The molecular formula is C23H27N5O4. The summed E-state index contributed by atoms with van der Waals surface area (Å²) in [7, 11) is 4.79. The monoisotopic (exact) mass is 437 g/mol. The Balaban J connectivity index is 1.46. The molecule has 4 rings (SSSR count). The van der Waals surface area contributed by atoms with Crippen molar-refractivity contribution in [2.45, 2.75) is 18.8 Å². The molecule has 32 heavy (non-hydrogen) atoms. The molecule has 1 N–H and O–H groups in total. The molecule has 0 bridgehead atoms. The van der Waals surface area contributed by atoms with Gasteiger partial charge in [0.1, 0.15) is 17.3 Å². The van der Waals surface area contributed by atoms with Gasteiger partial charge in [-0.3, -0.25) is 0 Å². The Morgan fingerprint density at radius 1 is 1.06 bits per heavy atom. The Morgan fingerprint density at radius 3 is 2.44 bits per heavy atom. The number of carbonyl (C=O) groups is 1. The van der Waals surface area contributed by atoms with E-state index in [1.807, 2.05) is 30.3 Å². The minimum atomic E-state index is -0.187. The van der Waals surface area contributed by atoms with E-state index in [0.29, 0.717) is 30.3 Å². The predicted molar refractivity (Wildman–Crippen MR) is 121 cm³/mol. The molecule has 0 unspecified atom stereocenters. The predicted octanol–water partition coefficient (Wildman–Crippen LogP) is 3.00. The zero-order chi connectivity index (χ0) is 22.7. The largest absolute Gasteiger partial charge is 0.497 e. The second-order valence-electron chi connectivity index (χ2n) is 7.69. The lowest BCUT2D eigenvalue weighted by atomic mass is 9.96. The molecule has 1 aliphatic heterocycles. The average molecular weight is 438 g/mol. The van der Waals surface area contributed by atoms with Gasteiger partial charge in [-0.2, -0.15) is 5.10 Å². The number of rotatable bonds is 5. The number of ether oxygens (including phenoxy) is 2. The number of aromatic nitrogens is 3. The number of benzene rings is 2. The third-order valence-electron chi connectivity index (χ3n) is 5.76. The molecule has 0 radical (unpaired) electrons. The first-order valence-electron chi connectivity index (χ1n) is 10.5. The lowest BCUT2D eigenvalue weighted by Crippen LogP contribution is -2.41. The summed E-state index contributed by atoms with van der Waals surface area (Å²) in [5.41, 5.74) is 1.22. The van der Waals surface area contributed by atoms with Crippen molar-refractivity contribution < 1.29 is 14.3 Å². The zero-order valence-electron chi connectivity index (χ0n) is 18.4. The molecule has 1 aromatic heterocycles. The van der Waals surface area contributed by atoms with Crippen LogP contribution in [0.4, 0.5) is 10.5 Å². The van der Waals surface area contributed by atoms with Crippen LogP contribution in [0, 0.1) is 0 Å². The number of aryl methyl sites for hydroxylation is 1. The van der Waals surface area contributed by atoms with Gasteiger partial charge < -0.3 is 19.7 Å². The van der Waals surface area contributed by atoms with E-state index < -0.39 is 0 Å². The minimum absolute atomic E-state index is 0.0867. The minimum Gasteiger partial charge on any atom is -0.497 e. The lowest BCUT2D eigenvalue weighted by Gasteiger charge is -2.31. The van der Waals surface area contributed by atoms with Gasteiger partial charge in [0.05, 0.1) is 25.6 Å². The number of likely N-dealkylation sites (tertiary alicyclic amines) is 1. The number of hydrogen-bond acceptors (Lipinski definition) is 5. The van der Waals surface area contributed by atoms with Gasteiger partial charge in [-0.05, 0) is 37.1 Å². The van der Waals surface area contributed by atoms with Crippen LogP contribution in [0.25, 0.3) is 5.69 Å². The Labute approximate surface area is 186 Å². The van der Waals surface area contributed by atoms with Crippen LogP contribution in [0.1, 0.15) is 24.6 Å². The molecule has 0 spiro atoms. The molecule has 0 aliphatic carbocycles. The summed E-state index contributed by atoms with van der Waals surface area (Å²) in [6, 6.07) is 14.6. The van der Waals surface area contributed by atoms with E-state index in [0.717, 1.165) is 24.4 Å². The van der Waals surface area contributed by atoms with Crippen molar-refractivity contribution in [1.29, 1.82) is 0 Å². The molecule has 2 aromatic carbocycles. The highest BCUT2D eigenvalue weighted by molar-refractivity contribution is 5.91. The first-order valence-corrected chi connectivity index (χ1v) is 10.5. The molecule has 2 heterocycles. The first kappa shape index (κ1) is 21.5. The fourth-order valence-corrected chi connectivity index (χ4v) is 4.00. The number of methoxy groups -OCH3 is 2. The van der Waals surface area contributed by atoms with Crippen LogP contribution in [0.15, 0.2) is 53.3 Å². The van der Waals surface area contributed by atoms with Gasteiger partial charge in [0.2, 0.25) is 0 Å². The molecule has 1 aliphatic rings. The van der Waals surface area contributed by atoms with E-state index in [2.05, 4.69) is 10.4 Å². The Hall–Kier alpha value is -3.75. The number of para-hydroxylation sites is 1. The molecule has 0 atom stereocenters. The number of anilines is 1. The summed E-state index contributed by atoms with van der Waals surface area (Å²) in [5, 5.41) is 7.43. The van der Waals surface area contributed by atoms with Crippen molar-refractivity contribution >= 4 is 11.7 Å². The van der Waals surface area contributed by atoms with Crippen LogP contribution < -0.4 is 20.5 Å². The maximum atomic E-state index is 12.8. The second kappa shape index (κ2) is 9.17. The van der Waals surface area contributed by atoms with Crippen molar-refractivity contribution in [2.24, 2.45) is 7.05 Å². The van der Waals surface area contributed by atoms with E-state index in [1.54, 1.807) is 48.9 Å². The van der Waals surface area contributed by atoms with Gasteiger partial charge in [-0.1, -0.05) is 18.2 Å². The Bertz CT molecular complexity index is 1150. The molecule has 1 saturated heterocycles. The number of carbonyl (C=O) groups excluding carboxylic acids is 1. The highest BCUT2D eigenvalue weighted by Gasteiger charge is 2.29. The van der Waals surface area contributed by atoms with Crippen molar-refractivity contribution in [1.82, 2.24) is 19.2 Å². The summed E-state index contributed by atoms with van der Waals surface area (Å²) in [6.45, 7) is 1.13. The number of nitrogens with zero attached hydrogens (tertiary/aromatic N) is 4. The van der Waals surface area contributed by atoms with Gasteiger partial charge >= 0.3 is 11.7 Å². The first-order chi connectivity index (χ1) is 15.5. The van der Waals surface area contributed by atoms with Crippen LogP contribution in [0.2, 0.25) is 0 Å². The summed E-state index contributed by atoms with van der Waals surface area (Å²) in [4.78, 5) is 27.3. The molecule has 9 heteroatoms. The average Bonchev–Trinajstić information content (AvgIpc) is 3.14. The molecular weight excluding hydrogens is 410 g/mol. The van der Waals surface area contributed by atoms with Gasteiger partial charge in [0, 0.05) is 32.1 Å². The van der Waals surface area contributed by atoms with E-state index >= 15 is 0 Å². The van der Waals surface area contributed by atoms with E-state index in [1.165, 1.54) is 4.68 Å². The second-order valence-corrected chi connectivity index (χ2v) is 7.69. The highest BCUT2D eigenvalue weighted by Crippen LogP contribution is 2.31. The number of urea groups is 1. The Kier molecular flexibility index (Phi) is 6.16. The SMILES string of the molecule is COc1ccc(NC(=O)N2CCC(c3nn(C)c(=O)n3-c3ccccc3)CC2)c(OC)c1. The van der Waals surface area contributed by atoms with E-state index in [9.17, 15) is 9.59 Å². The third kappa shape index (κ3) is 4.18. The van der Waals surface area contributed by atoms with Crippen molar-refractivity contribution in [2.75, 3.05) is 32.6 Å². The molecule has 9 nitrogen and oxygen atoms in total. The maximum Gasteiger partial charge on any atom is 0.350 e. The molecule has 0 saturated carbocycles. The fraction of sp³-hybridized carbons (Fsp3) is 0.348. The Morgan fingerprint density at radius 2 is 1.78 bits per heavy atom. The molecule has 3 aromatic rings. The zero-order valence-corrected chi connectivity index (χ0v) is 18.4. The maximum absolute atomic E-state index is 12.8. The summed E-state index contributed by atoms with van der Waals surface area (Å²) in [5.74, 6) is 2.01. The topological polar surface area (TPSA) is 90.6 Å². The number of amides is 2. The third-order valence-corrected chi connectivity index (χ3v) is 5.76. The van der Waals surface area contributed by atoms with Crippen molar-refractivity contribution in [3.8, 4) is 17.2 Å².